The standard InChI is InChI=1S/C8H19NO3/c1-2-8(10)7-12-6-5-11-4-3-9/h8,10H,2-7,9H2,1H3. The number of aliphatic hydroxyl groups excluding tert-OH is 1. The zero-order valence-corrected chi connectivity index (χ0v) is 7.66. The highest BCUT2D eigenvalue weighted by molar-refractivity contribution is 4.47. The van der Waals surface area contributed by atoms with Crippen molar-refractivity contribution in [2.75, 3.05) is 33.0 Å². The summed E-state index contributed by atoms with van der Waals surface area (Å²) in [6, 6.07) is 0. The van der Waals surface area contributed by atoms with Crippen LogP contribution in [0.25, 0.3) is 0 Å². The van der Waals surface area contributed by atoms with Gasteiger partial charge in [0.1, 0.15) is 0 Å². The molecule has 0 rings (SSSR count). The Kier molecular flexibility index (Phi) is 8.81. The molecule has 1 unspecified atom stereocenters. The molecule has 0 aliphatic heterocycles. The third kappa shape index (κ3) is 7.94. The Labute approximate surface area is 73.7 Å². The van der Waals surface area contributed by atoms with E-state index in [0.29, 0.717) is 33.0 Å². The van der Waals surface area contributed by atoms with Gasteiger partial charge in [-0.1, -0.05) is 6.92 Å². The summed E-state index contributed by atoms with van der Waals surface area (Å²) in [5, 5.41) is 9.07. The van der Waals surface area contributed by atoms with Gasteiger partial charge in [-0.3, -0.25) is 0 Å². The van der Waals surface area contributed by atoms with Crippen LogP contribution in [0.5, 0.6) is 0 Å². The molecule has 0 saturated carbocycles. The maximum Gasteiger partial charge on any atom is 0.0771 e. The second-order valence-electron chi connectivity index (χ2n) is 2.54. The van der Waals surface area contributed by atoms with Crippen molar-refractivity contribution in [1.82, 2.24) is 0 Å². The Hall–Kier alpha value is -0.160. The lowest BCUT2D eigenvalue weighted by molar-refractivity contribution is 0.00423. The van der Waals surface area contributed by atoms with E-state index >= 15 is 0 Å². The van der Waals surface area contributed by atoms with E-state index in [1.165, 1.54) is 0 Å². The van der Waals surface area contributed by atoms with E-state index in [9.17, 15) is 0 Å². The number of nitrogens with two attached hydrogens (primary N) is 1. The van der Waals surface area contributed by atoms with Crippen LogP contribution < -0.4 is 5.73 Å². The van der Waals surface area contributed by atoms with E-state index in [4.69, 9.17) is 20.3 Å². The number of hydrogen-bond donors (Lipinski definition) is 2. The van der Waals surface area contributed by atoms with Gasteiger partial charge >= 0.3 is 0 Å². The van der Waals surface area contributed by atoms with Crippen LogP contribution in [0.3, 0.4) is 0 Å². The van der Waals surface area contributed by atoms with Gasteiger partial charge in [-0.15, -0.1) is 0 Å². The molecular weight excluding hydrogens is 158 g/mol. The zero-order chi connectivity index (χ0) is 9.23. The van der Waals surface area contributed by atoms with Gasteiger partial charge in [0.15, 0.2) is 0 Å². The van der Waals surface area contributed by atoms with E-state index in [1.807, 2.05) is 6.92 Å². The topological polar surface area (TPSA) is 64.7 Å². The number of rotatable bonds is 8. The lowest BCUT2D eigenvalue weighted by atomic mass is 10.3. The summed E-state index contributed by atoms with van der Waals surface area (Å²) in [6.45, 7) is 4.49. The third-order valence-electron chi connectivity index (χ3n) is 1.42. The minimum atomic E-state index is -0.348. The van der Waals surface area contributed by atoms with Crippen LogP contribution >= 0.6 is 0 Å². The van der Waals surface area contributed by atoms with E-state index in [-0.39, 0.29) is 6.10 Å². The van der Waals surface area contributed by atoms with Gasteiger partial charge in [0, 0.05) is 6.54 Å². The Morgan fingerprint density at radius 3 is 2.50 bits per heavy atom. The first kappa shape index (κ1) is 11.8. The molecule has 0 spiro atoms. The maximum atomic E-state index is 9.07. The minimum absolute atomic E-state index is 0.348. The van der Waals surface area contributed by atoms with Crippen LogP contribution in [-0.2, 0) is 9.47 Å². The molecule has 0 fully saturated rings. The number of hydrogen-bond acceptors (Lipinski definition) is 4. The van der Waals surface area contributed by atoms with Gasteiger partial charge in [-0.25, -0.2) is 0 Å². The summed E-state index contributed by atoms with van der Waals surface area (Å²) < 4.78 is 10.2. The fourth-order valence-corrected chi connectivity index (χ4v) is 0.640. The molecule has 0 saturated heterocycles. The largest absolute Gasteiger partial charge is 0.391 e. The minimum Gasteiger partial charge on any atom is -0.391 e. The molecule has 1 atom stereocenters. The quantitative estimate of drug-likeness (QED) is 0.502. The van der Waals surface area contributed by atoms with Crippen LogP contribution in [0.2, 0.25) is 0 Å². The van der Waals surface area contributed by atoms with Gasteiger partial charge in [0.25, 0.3) is 0 Å². The number of ether oxygens (including phenoxy) is 2. The van der Waals surface area contributed by atoms with Crippen molar-refractivity contribution in [3.05, 3.63) is 0 Å². The summed E-state index contributed by atoms with van der Waals surface area (Å²) in [7, 11) is 0. The van der Waals surface area contributed by atoms with Gasteiger partial charge in [0.05, 0.1) is 32.5 Å². The summed E-state index contributed by atoms with van der Waals surface area (Å²) in [4.78, 5) is 0. The number of aliphatic hydroxyl groups is 1. The van der Waals surface area contributed by atoms with E-state index in [2.05, 4.69) is 0 Å². The van der Waals surface area contributed by atoms with Crippen molar-refractivity contribution in [3.8, 4) is 0 Å². The third-order valence-corrected chi connectivity index (χ3v) is 1.42. The summed E-state index contributed by atoms with van der Waals surface area (Å²) >= 11 is 0. The smallest absolute Gasteiger partial charge is 0.0771 e. The van der Waals surface area contributed by atoms with Gasteiger partial charge in [-0.05, 0) is 6.42 Å². The first-order valence-electron chi connectivity index (χ1n) is 4.34. The van der Waals surface area contributed by atoms with Crippen molar-refractivity contribution in [3.63, 3.8) is 0 Å². The molecule has 0 aliphatic rings. The van der Waals surface area contributed by atoms with Crippen LogP contribution in [0.15, 0.2) is 0 Å². The Morgan fingerprint density at radius 2 is 1.92 bits per heavy atom. The first-order valence-corrected chi connectivity index (χ1v) is 4.34. The van der Waals surface area contributed by atoms with Crippen molar-refractivity contribution < 1.29 is 14.6 Å². The highest BCUT2D eigenvalue weighted by atomic mass is 16.5. The van der Waals surface area contributed by atoms with Crippen LogP contribution in [0, 0.1) is 0 Å². The average Bonchev–Trinajstić information content (AvgIpc) is 2.10. The maximum absolute atomic E-state index is 9.07. The van der Waals surface area contributed by atoms with E-state index in [0.717, 1.165) is 6.42 Å². The van der Waals surface area contributed by atoms with E-state index < -0.39 is 0 Å². The Bertz CT molecular complexity index is 90.4. The predicted octanol–water partition coefficient (Wildman–Crippen LogP) is -0.251. The zero-order valence-electron chi connectivity index (χ0n) is 7.66. The Morgan fingerprint density at radius 1 is 1.25 bits per heavy atom. The Balaban J connectivity index is 2.90. The summed E-state index contributed by atoms with van der Waals surface area (Å²) in [5.41, 5.74) is 5.21. The summed E-state index contributed by atoms with van der Waals surface area (Å²) in [6.07, 6.45) is 0.378. The second kappa shape index (κ2) is 8.93. The van der Waals surface area contributed by atoms with Crippen molar-refractivity contribution in [2.45, 2.75) is 19.4 Å². The molecule has 4 nitrogen and oxygen atoms in total. The SMILES string of the molecule is CCC(O)COCCOCCN. The first-order chi connectivity index (χ1) is 5.81. The van der Waals surface area contributed by atoms with E-state index in [1.54, 1.807) is 0 Å². The molecular formula is C8H19NO3. The lowest BCUT2D eigenvalue weighted by Gasteiger charge is -2.08. The lowest BCUT2D eigenvalue weighted by Crippen LogP contribution is -2.17. The molecule has 0 aliphatic carbocycles. The monoisotopic (exact) mass is 177 g/mol. The molecule has 0 amide bonds. The molecule has 0 radical (unpaired) electrons. The molecule has 0 heterocycles. The molecule has 0 aromatic carbocycles. The molecule has 12 heavy (non-hydrogen) atoms. The highest BCUT2D eigenvalue weighted by Crippen LogP contribution is 1.90. The fourth-order valence-electron chi connectivity index (χ4n) is 0.640. The molecule has 0 aromatic heterocycles. The van der Waals surface area contributed by atoms with Gasteiger partial charge in [-0.2, -0.15) is 0 Å². The molecule has 3 N–H and O–H groups in total. The van der Waals surface area contributed by atoms with Gasteiger partial charge < -0.3 is 20.3 Å². The van der Waals surface area contributed by atoms with Crippen molar-refractivity contribution in [2.24, 2.45) is 5.73 Å². The van der Waals surface area contributed by atoms with Crippen molar-refractivity contribution >= 4 is 0 Å². The molecule has 74 valence electrons. The van der Waals surface area contributed by atoms with Crippen LogP contribution in [0.1, 0.15) is 13.3 Å². The molecule has 0 aromatic rings. The van der Waals surface area contributed by atoms with Crippen LogP contribution in [0.4, 0.5) is 0 Å². The highest BCUT2D eigenvalue weighted by Gasteiger charge is 1.98. The van der Waals surface area contributed by atoms with Gasteiger partial charge in [0.2, 0.25) is 0 Å². The molecule has 0 bridgehead atoms. The average molecular weight is 177 g/mol. The molecule has 4 heteroatoms. The normalized spacial score (nSPS) is 13.2. The second-order valence-corrected chi connectivity index (χ2v) is 2.54. The predicted molar refractivity (Wildman–Crippen MR) is 47.0 cm³/mol. The van der Waals surface area contributed by atoms with Crippen molar-refractivity contribution in [1.29, 1.82) is 0 Å². The fraction of sp³-hybridized carbons (Fsp3) is 1.00. The van der Waals surface area contributed by atoms with Crippen LogP contribution in [-0.4, -0.2) is 44.2 Å². The summed E-state index contributed by atoms with van der Waals surface area (Å²) in [5.74, 6) is 0.